The second kappa shape index (κ2) is 8.23. The molecule has 1 heterocycles. The van der Waals surface area contributed by atoms with Crippen LogP contribution in [0, 0.1) is 0 Å². The van der Waals surface area contributed by atoms with Crippen molar-refractivity contribution in [3.8, 4) is 0 Å². The first kappa shape index (κ1) is 18.3. The van der Waals surface area contributed by atoms with Crippen LogP contribution in [-0.4, -0.2) is 32.1 Å². The fourth-order valence-electron chi connectivity index (χ4n) is 3.09. The Morgan fingerprint density at radius 3 is 2.31 bits per heavy atom. The molecule has 0 aliphatic carbocycles. The van der Waals surface area contributed by atoms with Crippen LogP contribution in [0.25, 0.3) is 0 Å². The van der Waals surface area contributed by atoms with Gasteiger partial charge in [-0.05, 0) is 61.7 Å². The van der Waals surface area contributed by atoms with Gasteiger partial charge in [-0.3, -0.25) is 4.79 Å². The minimum absolute atomic E-state index is 0.248. The van der Waals surface area contributed by atoms with Gasteiger partial charge in [-0.25, -0.2) is 4.79 Å². The number of piperidine rings is 1. The maximum absolute atomic E-state index is 12.6. The third-order valence-corrected chi connectivity index (χ3v) is 4.71. The van der Waals surface area contributed by atoms with Crippen LogP contribution >= 0.6 is 11.6 Å². The Kier molecular flexibility index (Phi) is 5.78. The van der Waals surface area contributed by atoms with E-state index in [-0.39, 0.29) is 5.91 Å². The number of nitrogens with zero attached hydrogens (tertiary/aromatic N) is 1. The van der Waals surface area contributed by atoms with Crippen molar-refractivity contribution in [3.63, 3.8) is 0 Å². The molecule has 3 rings (SSSR count). The largest absolute Gasteiger partial charge is 0.465 e. The summed E-state index contributed by atoms with van der Waals surface area (Å²) >= 11 is 6.14. The average Bonchev–Trinajstić information content (AvgIpc) is 2.68. The average molecular weight is 373 g/mol. The summed E-state index contributed by atoms with van der Waals surface area (Å²) in [4.78, 5) is 26.4. The second-order valence-electron chi connectivity index (χ2n) is 6.23. The number of rotatable bonds is 4. The van der Waals surface area contributed by atoms with Crippen molar-refractivity contribution in [1.29, 1.82) is 0 Å². The molecule has 136 valence electrons. The number of methoxy groups -OCH3 is 1. The number of amides is 1. The van der Waals surface area contributed by atoms with Crippen LogP contribution in [0.3, 0.4) is 0 Å². The molecule has 0 radical (unpaired) electrons. The molecule has 1 aliphatic rings. The van der Waals surface area contributed by atoms with E-state index in [1.165, 1.54) is 13.5 Å². The minimum atomic E-state index is -0.431. The normalized spacial score (nSPS) is 14.0. The van der Waals surface area contributed by atoms with Gasteiger partial charge in [0.25, 0.3) is 5.91 Å². The summed E-state index contributed by atoms with van der Waals surface area (Å²) in [5.41, 5.74) is 2.54. The lowest BCUT2D eigenvalue weighted by molar-refractivity contribution is 0.0600. The van der Waals surface area contributed by atoms with E-state index in [1.807, 2.05) is 12.1 Å². The van der Waals surface area contributed by atoms with Gasteiger partial charge in [0.05, 0.1) is 24.0 Å². The Morgan fingerprint density at radius 1 is 1.00 bits per heavy atom. The lowest BCUT2D eigenvalue weighted by Crippen LogP contribution is -2.30. The highest BCUT2D eigenvalue weighted by atomic mass is 35.5. The third kappa shape index (κ3) is 4.17. The van der Waals surface area contributed by atoms with E-state index in [1.54, 1.807) is 30.3 Å². The summed E-state index contributed by atoms with van der Waals surface area (Å²) in [6.07, 6.45) is 3.52. The highest BCUT2D eigenvalue weighted by Crippen LogP contribution is 2.31. The van der Waals surface area contributed by atoms with Crippen LogP contribution in [0.5, 0.6) is 0 Å². The van der Waals surface area contributed by atoms with E-state index in [2.05, 4.69) is 15.0 Å². The fraction of sp³-hybridized carbons (Fsp3) is 0.300. The number of esters is 1. The molecule has 0 bridgehead atoms. The monoisotopic (exact) mass is 372 g/mol. The molecule has 1 amide bonds. The van der Waals surface area contributed by atoms with Gasteiger partial charge < -0.3 is 15.0 Å². The summed E-state index contributed by atoms with van der Waals surface area (Å²) in [5.74, 6) is -0.680. The first-order valence-corrected chi connectivity index (χ1v) is 9.00. The molecule has 1 N–H and O–H groups in total. The van der Waals surface area contributed by atoms with Gasteiger partial charge in [0.2, 0.25) is 0 Å². The van der Waals surface area contributed by atoms with Gasteiger partial charge in [-0.2, -0.15) is 0 Å². The van der Waals surface area contributed by atoms with E-state index in [0.29, 0.717) is 21.8 Å². The summed E-state index contributed by atoms with van der Waals surface area (Å²) in [7, 11) is 1.32. The topological polar surface area (TPSA) is 58.6 Å². The number of hydrogen-bond donors (Lipinski definition) is 1. The molecular formula is C20H21ClN2O3. The number of benzene rings is 2. The van der Waals surface area contributed by atoms with Gasteiger partial charge in [0.1, 0.15) is 0 Å². The van der Waals surface area contributed by atoms with Crippen molar-refractivity contribution in [3.05, 3.63) is 58.6 Å². The number of hydrogen-bond acceptors (Lipinski definition) is 4. The zero-order valence-corrected chi connectivity index (χ0v) is 15.4. The van der Waals surface area contributed by atoms with Gasteiger partial charge >= 0.3 is 5.97 Å². The molecule has 1 saturated heterocycles. The van der Waals surface area contributed by atoms with Crippen LogP contribution in [0.4, 0.5) is 11.4 Å². The third-order valence-electron chi connectivity index (χ3n) is 4.47. The van der Waals surface area contributed by atoms with Crippen LogP contribution < -0.4 is 10.2 Å². The van der Waals surface area contributed by atoms with Crippen molar-refractivity contribution in [2.75, 3.05) is 30.4 Å². The Bertz CT molecular complexity index is 799. The van der Waals surface area contributed by atoms with Crippen molar-refractivity contribution in [2.45, 2.75) is 19.3 Å². The van der Waals surface area contributed by atoms with Crippen molar-refractivity contribution in [1.82, 2.24) is 0 Å². The predicted molar refractivity (Wildman–Crippen MR) is 103 cm³/mol. The first-order chi connectivity index (χ1) is 12.6. The second-order valence-corrected chi connectivity index (χ2v) is 6.67. The van der Waals surface area contributed by atoms with Crippen molar-refractivity contribution >= 4 is 34.9 Å². The summed E-state index contributed by atoms with van der Waals surface area (Å²) < 4.78 is 4.67. The summed E-state index contributed by atoms with van der Waals surface area (Å²) in [6, 6.07) is 11.9. The van der Waals surface area contributed by atoms with E-state index in [0.717, 1.165) is 31.6 Å². The Balaban J connectivity index is 1.80. The van der Waals surface area contributed by atoms with Gasteiger partial charge in [0, 0.05) is 23.7 Å². The molecular weight excluding hydrogens is 352 g/mol. The van der Waals surface area contributed by atoms with E-state index in [9.17, 15) is 9.59 Å². The molecule has 0 aromatic heterocycles. The van der Waals surface area contributed by atoms with Crippen molar-refractivity contribution < 1.29 is 14.3 Å². The lowest BCUT2D eigenvalue weighted by atomic mass is 10.1. The Labute approximate surface area is 157 Å². The molecule has 0 spiro atoms. The lowest BCUT2D eigenvalue weighted by Gasteiger charge is -2.30. The zero-order valence-electron chi connectivity index (χ0n) is 14.6. The maximum atomic E-state index is 12.6. The smallest absolute Gasteiger partial charge is 0.337 e. The number of ether oxygens (including phenoxy) is 1. The van der Waals surface area contributed by atoms with Crippen LogP contribution in [0.2, 0.25) is 5.02 Å². The summed E-state index contributed by atoms with van der Waals surface area (Å²) in [5, 5.41) is 3.52. The van der Waals surface area contributed by atoms with Gasteiger partial charge in [-0.15, -0.1) is 0 Å². The molecule has 1 fully saturated rings. The SMILES string of the molecule is COC(=O)c1ccc(C(=O)Nc2cc(Cl)ccc2N2CCCCC2)cc1. The zero-order chi connectivity index (χ0) is 18.5. The number of anilines is 2. The molecule has 1 aliphatic heterocycles. The fourth-order valence-corrected chi connectivity index (χ4v) is 3.26. The maximum Gasteiger partial charge on any atom is 0.337 e. The Morgan fingerprint density at radius 2 is 1.65 bits per heavy atom. The first-order valence-electron chi connectivity index (χ1n) is 8.63. The number of carbonyl (C=O) groups is 2. The molecule has 6 heteroatoms. The number of nitrogens with one attached hydrogen (secondary N) is 1. The van der Waals surface area contributed by atoms with Gasteiger partial charge in [0.15, 0.2) is 0 Å². The Hall–Kier alpha value is -2.53. The van der Waals surface area contributed by atoms with E-state index < -0.39 is 5.97 Å². The molecule has 2 aromatic rings. The van der Waals surface area contributed by atoms with Gasteiger partial charge in [-0.1, -0.05) is 11.6 Å². The highest BCUT2D eigenvalue weighted by molar-refractivity contribution is 6.31. The van der Waals surface area contributed by atoms with Crippen LogP contribution in [0.1, 0.15) is 40.0 Å². The molecule has 5 nitrogen and oxygen atoms in total. The predicted octanol–water partition coefficient (Wildman–Crippen LogP) is 4.37. The quantitative estimate of drug-likeness (QED) is 0.809. The van der Waals surface area contributed by atoms with E-state index in [4.69, 9.17) is 11.6 Å². The number of carbonyl (C=O) groups excluding carboxylic acids is 2. The number of halogens is 1. The molecule has 2 aromatic carbocycles. The molecule has 0 atom stereocenters. The summed E-state index contributed by atoms with van der Waals surface area (Å²) in [6.45, 7) is 1.94. The van der Waals surface area contributed by atoms with Crippen molar-refractivity contribution in [2.24, 2.45) is 0 Å². The molecule has 26 heavy (non-hydrogen) atoms. The van der Waals surface area contributed by atoms with Crippen LogP contribution in [0.15, 0.2) is 42.5 Å². The van der Waals surface area contributed by atoms with Crippen LogP contribution in [-0.2, 0) is 4.74 Å². The van der Waals surface area contributed by atoms with E-state index >= 15 is 0 Å². The molecule has 0 saturated carbocycles. The standard InChI is InChI=1S/C20H21ClN2O3/c1-26-20(25)15-7-5-14(6-8-15)19(24)22-17-13-16(21)9-10-18(17)23-11-3-2-4-12-23/h5-10,13H,2-4,11-12H2,1H3,(H,22,24). The molecule has 0 unspecified atom stereocenters. The highest BCUT2D eigenvalue weighted by Gasteiger charge is 2.17. The minimum Gasteiger partial charge on any atom is -0.465 e.